The van der Waals surface area contributed by atoms with Gasteiger partial charge in [-0.15, -0.1) is 0 Å². The first-order chi connectivity index (χ1) is 5.75. The van der Waals surface area contributed by atoms with Crippen molar-refractivity contribution in [3.8, 4) is 11.7 Å². The number of hydrogen-bond donors (Lipinski definition) is 0. The van der Waals surface area contributed by atoms with Crippen molar-refractivity contribution >= 4 is 22.6 Å². The summed E-state index contributed by atoms with van der Waals surface area (Å²) in [7, 11) is 0. The van der Waals surface area contributed by atoms with Crippen LogP contribution in [0.4, 0.5) is 0 Å². The second-order valence-electron chi connectivity index (χ2n) is 2.28. The third-order valence-electron chi connectivity index (χ3n) is 1.35. The van der Waals surface area contributed by atoms with Gasteiger partial charge in [-0.3, -0.25) is 0 Å². The largest absolute Gasteiger partial charge is 0.456 e. The van der Waals surface area contributed by atoms with Gasteiger partial charge < -0.3 is 8.94 Å². The minimum absolute atomic E-state index is 0.424. The molecule has 0 radical (unpaired) electrons. The Hall–Kier alpha value is -0.850. The maximum absolute atomic E-state index is 5.28. The molecule has 0 atom stereocenters. The van der Waals surface area contributed by atoms with Gasteiger partial charge in [0, 0.05) is 22.6 Å². The highest BCUT2D eigenvalue weighted by molar-refractivity contribution is 14.1. The van der Waals surface area contributed by atoms with Crippen LogP contribution < -0.4 is 0 Å². The molecule has 0 spiro atoms. The monoisotopic (exact) mass is 276 g/mol. The molecule has 0 unspecified atom stereocenters. The van der Waals surface area contributed by atoms with Crippen LogP contribution in [0.3, 0.4) is 0 Å². The van der Waals surface area contributed by atoms with Crippen molar-refractivity contribution in [3.63, 3.8) is 0 Å². The highest BCUT2D eigenvalue weighted by atomic mass is 127. The van der Waals surface area contributed by atoms with Crippen LogP contribution in [0.2, 0.25) is 0 Å². The second kappa shape index (κ2) is 2.89. The maximum atomic E-state index is 5.28. The number of nitrogens with zero attached hydrogens (tertiary/aromatic N) is 2. The van der Waals surface area contributed by atoms with Gasteiger partial charge in [-0.2, -0.15) is 4.98 Å². The summed E-state index contributed by atoms with van der Waals surface area (Å²) in [6, 6.07) is 3.66. The highest BCUT2D eigenvalue weighted by Crippen LogP contribution is 2.19. The van der Waals surface area contributed by atoms with Crippen LogP contribution in [0, 0.1) is 10.8 Å². The summed E-state index contributed by atoms with van der Waals surface area (Å²) in [6.45, 7) is 1.87. The highest BCUT2D eigenvalue weighted by Gasteiger charge is 2.09. The average molecular weight is 276 g/mol. The van der Waals surface area contributed by atoms with Gasteiger partial charge in [0.25, 0.3) is 5.89 Å². The lowest BCUT2D eigenvalue weighted by molar-refractivity contribution is 0.409. The van der Waals surface area contributed by atoms with Gasteiger partial charge in [-0.1, -0.05) is 5.16 Å². The van der Waals surface area contributed by atoms with Gasteiger partial charge in [0.2, 0.25) is 3.83 Å². The second-order valence-corrected chi connectivity index (χ2v) is 3.24. The fourth-order valence-electron chi connectivity index (χ4n) is 0.855. The summed E-state index contributed by atoms with van der Waals surface area (Å²) in [4.78, 5) is 4.01. The Morgan fingerprint density at radius 1 is 1.42 bits per heavy atom. The molecule has 0 fully saturated rings. The van der Waals surface area contributed by atoms with Crippen molar-refractivity contribution in [2.24, 2.45) is 0 Å². The van der Waals surface area contributed by atoms with Crippen LogP contribution in [-0.4, -0.2) is 10.1 Å². The molecule has 2 heterocycles. The fourth-order valence-corrected chi connectivity index (χ4v) is 1.17. The van der Waals surface area contributed by atoms with E-state index in [0.29, 0.717) is 15.5 Å². The molecule has 62 valence electrons. The normalized spacial score (nSPS) is 10.5. The van der Waals surface area contributed by atoms with E-state index >= 15 is 0 Å². The van der Waals surface area contributed by atoms with Crippen LogP contribution in [0.15, 0.2) is 21.1 Å². The SMILES string of the molecule is Cc1ccc(-c2nc(I)no2)o1. The van der Waals surface area contributed by atoms with Crippen molar-refractivity contribution in [2.75, 3.05) is 0 Å². The molecule has 0 aromatic carbocycles. The number of halogens is 1. The number of furan rings is 1. The van der Waals surface area contributed by atoms with E-state index in [9.17, 15) is 0 Å². The van der Waals surface area contributed by atoms with Crippen molar-refractivity contribution in [1.82, 2.24) is 10.1 Å². The van der Waals surface area contributed by atoms with E-state index < -0.39 is 0 Å². The molecule has 0 amide bonds. The molecule has 0 N–H and O–H groups in total. The van der Waals surface area contributed by atoms with Crippen molar-refractivity contribution in [3.05, 3.63) is 21.7 Å². The first kappa shape index (κ1) is 7.78. The third-order valence-corrected chi connectivity index (χ3v) is 1.79. The predicted molar refractivity (Wildman–Crippen MR) is 49.5 cm³/mol. The first-order valence-electron chi connectivity index (χ1n) is 3.32. The molecule has 5 heteroatoms. The number of aryl methyl sites for hydroxylation is 1. The zero-order valence-corrected chi connectivity index (χ0v) is 8.40. The van der Waals surface area contributed by atoms with Crippen LogP contribution in [-0.2, 0) is 0 Å². The number of rotatable bonds is 1. The molecule has 2 aromatic heterocycles. The van der Waals surface area contributed by atoms with E-state index in [1.807, 2.05) is 35.6 Å². The molecular weight excluding hydrogens is 271 g/mol. The van der Waals surface area contributed by atoms with E-state index in [1.54, 1.807) is 6.07 Å². The maximum Gasteiger partial charge on any atom is 0.294 e. The van der Waals surface area contributed by atoms with E-state index in [-0.39, 0.29) is 0 Å². The van der Waals surface area contributed by atoms with Gasteiger partial charge in [0.15, 0.2) is 5.76 Å². The molecule has 4 nitrogen and oxygen atoms in total. The first-order valence-corrected chi connectivity index (χ1v) is 4.39. The van der Waals surface area contributed by atoms with E-state index in [1.165, 1.54) is 0 Å². The lowest BCUT2D eigenvalue weighted by atomic mass is 10.4. The minimum atomic E-state index is 0.424. The molecule has 0 aliphatic carbocycles. The molecule has 12 heavy (non-hydrogen) atoms. The van der Waals surface area contributed by atoms with Crippen molar-refractivity contribution < 1.29 is 8.94 Å². The Balaban J connectivity index is 2.43. The summed E-state index contributed by atoms with van der Waals surface area (Å²) in [5, 5.41) is 3.64. The topological polar surface area (TPSA) is 52.1 Å². The Labute approximate surface area is 82.1 Å². The lowest BCUT2D eigenvalue weighted by Gasteiger charge is -1.83. The van der Waals surface area contributed by atoms with Crippen LogP contribution in [0.5, 0.6) is 0 Å². The van der Waals surface area contributed by atoms with Crippen LogP contribution >= 0.6 is 22.6 Å². The summed E-state index contributed by atoms with van der Waals surface area (Å²) >= 11 is 1.98. The summed E-state index contributed by atoms with van der Waals surface area (Å²) in [5.41, 5.74) is 0. The Bertz CT molecular complexity index is 355. The Kier molecular flexibility index (Phi) is 1.87. The quantitative estimate of drug-likeness (QED) is 0.749. The summed E-state index contributed by atoms with van der Waals surface area (Å²) < 4.78 is 10.8. The van der Waals surface area contributed by atoms with E-state index in [4.69, 9.17) is 8.94 Å². The van der Waals surface area contributed by atoms with Crippen LogP contribution in [0.25, 0.3) is 11.7 Å². The standard InChI is InChI=1S/C7H5IN2O2/c1-4-2-3-5(11-4)6-9-7(8)10-12-6/h2-3H,1H3. The fraction of sp³-hybridized carbons (Fsp3) is 0.143. The minimum Gasteiger partial charge on any atom is -0.456 e. The van der Waals surface area contributed by atoms with Crippen LogP contribution in [0.1, 0.15) is 5.76 Å². The Morgan fingerprint density at radius 2 is 2.25 bits per heavy atom. The summed E-state index contributed by atoms with van der Waals surface area (Å²) in [6.07, 6.45) is 0. The molecule has 0 saturated carbocycles. The van der Waals surface area contributed by atoms with Crippen molar-refractivity contribution in [2.45, 2.75) is 6.92 Å². The van der Waals surface area contributed by atoms with Gasteiger partial charge in [0.1, 0.15) is 5.76 Å². The molecule has 0 bridgehead atoms. The van der Waals surface area contributed by atoms with Gasteiger partial charge >= 0.3 is 0 Å². The average Bonchev–Trinajstić information content (AvgIpc) is 2.58. The Morgan fingerprint density at radius 3 is 2.75 bits per heavy atom. The molecule has 0 aliphatic heterocycles. The van der Waals surface area contributed by atoms with E-state index in [0.717, 1.165) is 5.76 Å². The molecule has 2 rings (SSSR count). The lowest BCUT2D eigenvalue weighted by Crippen LogP contribution is -1.72. The molecule has 0 aliphatic rings. The van der Waals surface area contributed by atoms with Gasteiger partial charge in [-0.05, 0) is 19.1 Å². The molecule has 2 aromatic rings. The van der Waals surface area contributed by atoms with Gasteiger partial charge in [0.05, 0.1) is 0 Å². The zero-order valence-electron chi connectivity index (χ0n) is 6.24. The zero-order chi connectivity index (χ0) is 8.55. The summed E-state index contributed by atoms with van der Waals surface area (Å²) in [5.74, 6) is 1.87. The number of hydrogen-bond acceptors (Lipinski definition) is 4. The third kappa shape index (κ3) is 1.36. The smallest absolute Gasteiger partial charge is 0.294 e. The molecular formula is C7H5IN2O2. The predicted octanol–water partition coefficient (Wildman–Crippen LogP) is 2.24. The number of aromatic nitrogens is 2. The van der Waals surface area contributed by atoms with Crippen molar-refractivity contribution in [1.29, 1.82) is 0 Å². The molecule has 0 saturated heterocycles. The van der Waals surface area contributed by atoms with E-state index in [2.05, 4.69) is 10.1 Å². The van der Waals surface area contributed by atoms with Gasteiger partial charge in [-0.25, -0.2) is 0 Å².